The molecule has 4 rings (SSSR count). The summed E-state index contributed by atoms with van der Waals surface area (Å²) >= 11 is 5.40. The fraction of sp³-hybridized carbons (Fsp3) is 0.235. The molecule has 0 saturated heterocycles. The summed E-state index contributed by atoms with van der Waals surface area (Å²) in [7, 11) is 0. The van der Waals surface area contributed by atoms with Crippen LogP contribution in [0.5, 0.6) is 0 Å². The van der Waals surface area contributed by atoms with Gasteiger partial charge in [-0.2, -0.15) is 0 Å². The Balaban J connectivity index is 1.84. The van der Waals surface area contributed by atoms with Gasteiger partial charge in [0.2, 0.25) is 5.91 Å². The first-order valence-electron chi connectivity index (χ1n) is 7.06. The molecular weight excluding hydrogens is 346 g/mol. The minimum absolute atomic E-state index is 0.132. The molecule has 2 aliphatic rings. The van der Waals surface area contributed by atoms with E-state index in [-0.39, 0.29) is 11.8 Å². The highest BCUT2D eigenvalue weighted by atomic mass is 79.9. The average Bonchev–Trinajstić information content (AvgIpc) is 2.93. The molecule has 2 nitrogen and oxygen atoms in total. The fourth-order valence-corrected chi connectivity index (χ4v) is 5.25. The van der Waals surface area contributed by atoms with Crippen molar-refractivity contribution in [1.82, 2.24) is 0 Å². The Morgan fingerprint density at radius 2 is 2.05 bits per heavy atom. The Morgan fingerprint density at radius 3 is 2.86 bits per heavy atom. The second-order valence-corrected chi connectivity index (χ2v) is 8.17. The van der Waals surface area contributed by atoms with Gasteiger partial charge in [0, 0.05) is 26.8 Å². The van der Waals surface area contributed by atoms with Crippen molar-refractivity contribution in [2.24, 2.45) is 0 Å². The molecule has 2 aliphatic heterocycles. The highest BCUT2D eigenvalue weighted by molar-refractivity contribution is 9.14. The maximum Gasteiger partial charge on any atom is 0.225 e. The summed E-state index contributed by atoms with van der Waals surface area (Å²) in [6.45, 7) is 0. The lowest BCUT2D eigenvalue weighted by atomic mass is 9.85. The van der Waals surface area contributed by atoms with Crippen LogP contribution in [0.25, 0.3) is 10.8 Å². The zero-order valence-electron chi connectivity index (χ0n) is 11.3. The number of fused-ring (bicyclic) bond motifs is 3. The van der Waals surface area contributed by atoms with Gasteiger partial charge in [-0.05, 0) is 33.3 Å². The van der Waals surface area contributed by atoms with E-state index in [0.29, 0.717) is 11.7 Å². The predicted octanol–water partition coefficient (Wildman–Crippen LogP) is 5.01. The molecule has 1 amide bonds. The van der Waals surface area contributed by atoms with Crippen molar-refractivity contribution in [1.29, 1.82) is 0 Å². The summed E-state index contributed by atoms with van der Waals surface area (Å²) in [5.74, 6) is 0.419. The third-order valence-electron chi connectivity index (χ3n) is 4.25. The number of thioether (sulfide) groups is 1. The van der Waals surface area contributed by atoms with Crippen molar-refractivity contribution in [2.45, 2.75) is 24.0 Å². The number of rotatable bonds is 1. The van der Waals surface area contributed by atoms with E-state index < -0.39 is 0 Å². The normalized spacial score (nSPS) is 24.6. The van der Waals surface area contributed by atoms with Crippen LogP contribution >= 0.6 is 27.7 Å². The minimum atomic E-state index is 0.132. The number of benzene rings is 2. The van der Waals surface area contributed by atoms with Crippen molar-refractivity contribution in [3.8, 4) is 0 Å². The smallest absolute Gasteiger partial charge is 0.225 e. The van der Waals surface area contributed by atoms with Crippen LogP contribution in [0.1, 0.15) is 24.3 Å². The zero-order chi connectivity index (χ0) is 14.4. The molecule has 0 saturated carbocycles. The molecule has 0 aliphatic carbocycles. The number of halogens is 1. The molecule has 2 atom stereocenters. The Bertz CT molecular complexity index is 770. The quantitative estimate of drug-likeness (QED) is 0.775. The van der Waals surface area contributed by atoms with Crippen LogP contribution < -0.4 is 5.32 Å². The van der Waals surface area contributed by atoms with E-state index in [4.69, 9.17) is 0 Å². The predicted molar refractivity (Wildman–Crippen MR) is 92.9 cm³/mol. The van der Waals surface area contributed by atoms with E-state index in [2.05, 4.69) is 51.6 Å². The lowest BCUT2D eigenvalue weighted by Gasteiger charge is -2.30. The van der Waals surface area contributed by atoms with Crippen LogP contribution in [-0.2, 0) is 4.79 Å². The number of anilines is 1. The Labute approximate surface area is 136 Å². The Morgan fingerprint density at radius 1 is 1.19 bits per heavy atom. The van der Waals surface area contributed by atoms with Crippen LogP contribution in [0.3, 0.4) is 0 Å². The lowest BCUT2D eigenvalue weighted by Crippen LogP contribution is -2.27. The summed E-state index contributed by atoms with van der Waals surface area (Å²) < 4.78 is 1.20. The molecule has 21 heavy (non-hydrogen) atoms. The second-order valence-electron chi connectivity index (χ2n) is 5.51. The molecule has 0 fully saturated rings. The molecule has 2 aromatic rings. The topological polar surface area (TPSA) is 29.1 Å². The summed E-state index contributed by atoms with van der Waals surface area (Å²) in [5.41, 5.74) is 2.29. The average molecular weight is 360 g/mol. The van der Waals surface area contributed by atoms with Gasteiger partial charge in [0.15, 0.2) is 0 Å². The number of hydrogen-bond acceptors (Lipinski definition) is 2. The van der Waals surface area contributed by atoms with Gasteiger partial charge in [-0.15, -0.1) is 11.8 Å². The van der Waals surface area contributed by atoms with Crippen LogP contribution in [-0.4, -0.2) is 11.2 Å². The van der Waals surface area contributed by atoms with Gasteiger partial charge in [-0.25, -0.2) is 0 Å². The van der Waals surface area contributed by atoms with Crippen molar-refractivity contribution in [2.75, 3.05) is 5.32 Å². The van der Waals surface area contributed by atoms with Gasteiger partial charge in [0.25, 0.3) is 0 Å². The highest BCUT2D eigenvalue weighted by Gasteiger charge is 2.34. The number of amides is 1. The Kier molecular flexibility index (Phi) is 3.31. The Hall–Kier alpha value is -1.26. The maximum atomic E-state index is 12.2. The SMILES string of the molecule is O=C1CC(C2CC=C(Br)S2)c2ccc3ccccc3c2N1. The summed E-state index contributed by atoms with van der Waals surface area (Å²) in [5, 5.41) is 5.86. The van der Waals surface area contributed by atoms with E-state index >= 15 is 0 Å². The third kappa shape index (κ3) is 2.30. The summed E-state index contributed by atoms with van der Waals surface area (Å²) in [4.78, 5) is 12.2. The molecule has 2 heterocycles. The van der Waals surface area contributed by atoms with Gasteiger partial charge >= 0.3 is 0 Å². The molecule has 0 spiro atoms. The molecule has 1 N–H and O–H groups in total. The maximum absolute atomic E-state index is 12.2. The lowest BCUT2D eigenvalue weighted by molar-refractivity contribution is -0.116. The fourth-order valence-electron chi connectivity index (χ4n) is 3.26. The van der Waals surface area contributed by atoms with Gasteiger partial charge in [-0.1, -0.05) is 42.5 Å². The molecular formula is C17H14BrNOS. The van der Waals surface area contributed by atoms with Gasteiger partial charge in [0.05, 0.1) is 5.69 Å². The first-order valence-corrected chi connectivity index (χ1v) is 8.73. The van der Waals surface area contributed by atoms with Gasteiger partial charge in [-0.3, -0.25) is 4.79 Å². The first kappa shape index (κ1) is 13.4. The number of carbonyl (C=O) groups excluding carboxylic acids is 1. The van der Waals surface area contributed by atoms with E-state index in [1.165, 1.54) is 14.8 Å². The second kappa shape index (κ2) is 5.18. The molecule has 4 heteroatoms. The largest absolute Gasteiger partial charge is 0.325 e. The number of nitrogens with one attached hydrogen (secondary N) is 1. The van der Waals surface area contributed by atoms with Gasteiger partial charge < -0.3 is 5.32 Å². The number of hydrogen-bond donors (Lipinski definition) is 1. The molecule has 0 bridgehead atoms. The van der Waals surface area contributed by atoms with E-state index in [9.17, 15) is 4.79 Å². The monoisotopic (exact) mass is 359 g/mol. The minimum Gasteiger partial charge on any atom is -0.325 e. The van der Waals surface area contributed by atoms with E-state index in [1.54, 1.807) is 0 Å². The third-order valence-corrected chi connectivity index (χ3v) is 6.35. The molecule has 2 aromatic carbocycles. The highest BCUT2D eigenvalue weighted by Crippen LogP contribution is 2.48. The van der Waals surface area contributed by atoms with Crippen LogP contribution in [0.15, 0.2) is 46.3 Å². The number of allylic oxidation sites excluding steroid dienone is 1. The van der Waals surface area contributed by atoms with Crippen molar-refractivity contribution in [3.05, 3.63) is 51.9 Å². The van der Waals surface area contributed by atoms with Crippen molar-refractivity contribution < 1.29 is 4.79 Å². The van der Waals surface area contributed by atoms with Gasteiger partial charge in [0.1, 0.15) is 0 Å². The zero-order valence-corrected chi connectivity index (χ0v) is 13.7. The summed E-state index contributed by atoms with van der Waals surface area (Å²) in [6, 6.07) is 12.6. The van der Waals surface area contributed by atoms with E-state index in [1.807, 2.05) is 23.9 Å². The summed E-state index contributed by atoms with van der Waals surface area (Å²) in [6.07, 6.45) is 3.81. The van der Waals surface area contributed by atoms with Crippen LogP contribution in [0.4, 0.5) is 5.69 Å². The van der Waals surface area contributed by atoms with E-state index in [0.717, 1.165) is 17.5 Å². The standard InChI is InChI=1S/C17H14BrNOS/c18-15-8-7-14(21-15)13-9-16(20)19-17-11-4-2-1-3-10(11)5-6-12(13)17/h1-6,8,13-14H,7,9H2,(H,19,20). The first-order chi connectivity index (χ1) is 10.2. The van der Waals surface area contributed by atoms with Crippen molar-refractivity contribution >= 4 is 50.1 Å². The molecule has 106 valence electrons. The van der Waals surface area contributed by atoms with Crippen molar-refractivity contribution in [3.63, 3.8) is 0 Å². The van der Waals surface area contributed by atoms with Crippen LogP contribution in [0.2, 0.25) is 0 Å². The van der Waals surface area contributed by atoms with Crippen LogP contribution in [0, 0.1) is 0 Å². The molecule has 0 aromatic heterocycles. The number of carbonyl (C=O) groups is 1. The molecule has 0 radical (unpaired) electrons. The molecule has 2 unspecified atom stereocenters.